The predicted octanol–water partition coefficient (Wildman–Crippen LogP) is 3.47. The van der Waals surface area contributed by atoms with Crippen molar-refractivity contribution in [3.63, 3.8) is 0 Å². The van der Waals surface area contributed by atoms with E-state index in [0.717, 1.165) is 5.56 Å². The number of benzene rings is 3. The highest BCUT2D eigenvalue weighted by molar-refractivity contribution is 6.22. The Labute approximate surface area is 104 Å². The molecule has 17 heavy (non-hydrogen) atoms. The SMILES string of the molecule is [Si]C#Cc1cccc2cc3ccccc3cc12. The molecule has 3 aromatic carbocycles. The highest BCUT2D eigenvalue weighted by Gasteiger charge is 2.00. The van der Waals surface area contributed by atoms with Crippen LogP contribution in [0, 0.1) is 11.5 Å². The minimum absolute atomic E-state index is 1.06. The molecule has 0 bridgehead atoms. The van der Waals surface area contributed by atoms with Crippen molar-refractivity contribution in [1.29, 1.82) is 0 Å². The zero-order chi connectivity index (χ0) is 11.7. The average Bonchev–Trinajstić information content (AvgIpc) is 2.37. The second-order valence-corrected chi connectivity index (χ2v) is 4.23. The van der Waals surface area contributed by atoms with Crippen LogP contribution in [0.3, 0.4) is 0 Å². The van der Waals surface area contributed by atoms with Crippen LogP contribution in [0.15, 0.2) is 54.6 Å². The quantitative estimate of drug-likeness (QED) is 0.314. The van der Waals surface area contributed by atoms with E-state index in [-0.39, 0.29) is 0 Å². The highest BCUT2D eigenvalue weighted by atomic mass is 28.1. The summed E-state index contributed by atoms with van der Waals surface area (Å²) in [5.74, 6) is 3.08. The van der Waals surface area contributed by atoms with Crippen LogP contribution < -0.4 is 0 Å². The summed E-state index contributed by atoms with van der Waals surface area (Å²) in [7, 11) is 3.21. The molecule has 0 aliphatic carbocycles. The van der Waals surface area contributed by atoms with Gasteiger partial charge in [-0.05, 0) is 39.7 Å². The zero-order valence-corrected chi connectivity index (χ0v) is 10.2. The molecule has 0 saturated heterocycles. The van der Waals surface area contributed by atoms with Crippen molar-refractivity contribution in [2.24, 2.45) is 0 Å². The number of hydrogen-bond acceptors (Lipinski definition) is 0. The Kier molecular flexibility index (Phi) is 2.43. The summed E-state index contributed by atoms with van der Waals surface area (Å²) >= 11 is 0. The fourth-order valence-corrected chi connectivity index (χ4v) is 2.28. The molecule has 0 aliphatic heterocycles. The molecule has 3 radical (unpaired) electrons. The Morgan fingerprint density at radius 2 is 1.47 bits per heavy atom. The molecule has 0 aliphatic rings. The Bertz CT molecular complexity index is 760. The van der Waals surface area contributed by atoms with E-state index in [1.807, 2.05) is 12.1 Å². The van der Waals surface area contributed by atoms with E-state index in [1.165, 1.54) is 21.5 Å². The smallest absolute Gasteiger partial charge is 0.133 e. The topological polar surface area (TPSA) is 0 Å². The third-order valence-electron chi connectivity index (χ3n) is 2.94. The standard InChI is InChI=1S/C16H9Si/c17-9-8-12-6-3-7-15-10-13-4-1-2-5-14(13)11-16(12)15/h1-7,10-11H. The van der Waals surface area contributed by atoms with Crippen LogP contribution in [-0.4, -0.2) is 10.2 Å². The van der Waals surface area contributed by atoms with E-state index < -0.39 is 0 Å². The molecule has 3 rings (SSSR count). The van der Waals surface area contributed by atoms with Crippen molar-refractivity contribution in [1.82, 2.24) is 0 Å². The van der Waals surface area contributed by atoms with E-state index in [9.17, 15) is 0 Å². The number of rotatable bonds is 0. The third-order valence-corrected chi connectivity index (χ3v) is 3.07. The van der Waals surface area contributed by atoms with Gasteiger partial charge < -0.3 is 0 Å². The van der Waals surface area contributed by atoms with E-state index in [1.54, 1.807) is 0 Å². The van der Waals surface area contributed by atoms with Crippen LogP contribution in [-0.2, 0) is 0 Å². The van der Waals surface area contributed by atoms with Gasteiger partial charge in [0.25, 0.3) is 0 Å². The van der Waals surface area contributed by atoms with Gasteiger partial charge in [-0.1, -0.05) is 42.3 Å². The molecule has 77 valence electrons. The molecule has 0 unspecified atom stereocenters. The summed E-state index contributed by atoms with van der Waals surface area (Å²) in [6.07, 6.45) is 0. The largest absolute Gasteiger partial charge is 0.147 e. The van der Waals surface area contributed by atoms with Crippen molar-refractivity contribution in [3.8, 4) is 11.5 Å². The second kappa shape index (κ2) is 4.08. The van der Waals surface area contributed by atoms with Crippen LogP contribution in [0.2, 0.25) is 0 Å². The van der Waals surface area contributed by atoms with Gasteiger partial charge in [-0.25, -0.2) is 0 Å². The van der Waals surface area contributed by atoms with Crippen LogP contribution in [0.25, 0.3) is 21.5 Å². The lowest BCUT2D eigenvalue weighted by Crippen LogP contribution is -1.81. The summed E-state index contributed by atoms with van der Waals surface area (Å²) in [4.78, 5) is 0. The molecule has 0 spiro atoms. The summed E-state index contributed by atoms with van der Waals surface area (Å²) in [6.45, 7) is 0. The highest BCUT2D eigenvalue weighted by Crippen LogP contribution is 2.24. The molecular formula is C16H9Si. The molecular weight excluding hydrogens is 220 g/mol. The lowest BCUT2D eigenvalue weighted by atomic mass is 10.0. The van der Waals surface area contributed by atoms with Gasteiger partial charge in [0.05, 0.1) is 0 Å². The van der Waals surface area contributed by atoms with Gasteiger partial charge in [-0.15, -0.1) is 5.54 Å². The Morgan fingerprint density at radius 3 is 2.24 bits per heavy atom. The number of fused-ring (bicyclic) bond motifs is 2. The van der Waals surface area contributed by atoms with E-state index in [2.05, 4.69) is 64.2 Å². The lowest BCUT2D eigenvalue weighted by Gasteiger charge is -2.04. The summed E-state index contributed by atoms with van der Waals surface area (Å²) in [5, 5.41) is 4.96. The molecule has 0 amide bonds. The molecule has 1 heteroatoms. The van der Waals surface area contributed by atoms with Gasteiger partial charge in [0, 0.05) is 5.56 Å². The van der Waals surface area contributed by atoms with Crippen molar-refractivity contribution in [2.45, 2.75) is 0 Å². The maximum absolute atomic E-state index is 3.21. The van der Waals surface area contributed by atoms with E-state index in [0.29, 0.717) is 0 Å². The summed E-state index contributed by atoms with van der Waals surface area (Å²) in [6, 6.07) is 19.0. The first-order valence-electron chi connectivity index (χ1n) is 5.48. The fraction of sp³-hybridized carbons (Fsp3) is 0. The molecule has 0 atom stereocenters. The Morgan fingerprint density at radius 1 is 0.765 bits per heavy atom. The molecule has 0 N–H and O–H groups in total. The fourth-order valence-electron chi connectivity index (χ4n) is 2.14. The van der Waals surface area contributed by atoms with Crippen molar-refractivity contribution >= 4 is 31.8 Å². The van der Waals surface area contributed by atoms with E-state index in [4.69, 9.17) is 0 Å². The first-order valence-corrected chi connectivity index (χ1v) is 5.98. The van der Waals surface area contributed by atoms with Gasteiger partial charge in [-0.3, -0.25) is 0 Å². The Balaban J connectivity index is 2.46. The second-order valence-electron chi connectivity index (χ2n) is 3.98. The lowest BCUT2D eigenvalue weighted by molar-refractivity contribution is 1.72. The monoisotopic (exact) mass is 229 g/mol. The first-order chi connectivity index (χ1) is 8.38. The Hall–Kier alpha value is -2.04. The van der Waals surface area contributed by atoms with Crippen molar-refractivity contribution < 1.29 is 0 Å². The minimum atomic E-state index is 1.06. The van der Waals surface area contributed by atoms with E-state index >= 15 is 0 Å². The van der Waals surface area contributed by atoms with Crippen molar-refractivity contribution in [3.05, 3.63) is 60.2 Å². The van der Waals surface area contributed by atoms with Crippen LogP contribution >= 0.6 is 0 Å². The summed E-state index contributed by atoms with van der Waals surface area (Å²) < 4.78 is 0. The van der Waals surface area contributed by atoms with Crippen LogP contribution in [0.4, 0.5) is 0 Å². The van der Waals surface area contributed by atoms with Crippen molar-refractivity contribution in [2.75, 3.05) is 0 Å². The molecule has 0 aromatic heterocycles. The third kappa shape index (κ3) is 1.73. The van der Waals surface area contributed by atoms with Gasteiger partial charge in [0.2, 0.25) is 0 Å². The van der Waals surface area contributed by atoms with Gasteiger partial charge in [0.15, 0.2) is 0 Å². The molecule has 0 nitrogen and oxygen atoms in total. The molecule has 0 saturated carbocycles. The maximum Gasteiger partial charge on any atom is 0.147 e. The van der Waals surface area contributed by atoms with Crippen LogP contribution in [0.5, 0.6) is 0 Å². The number of hydrogen-bond donors (Lipinski definition) is 0. The first kappa shape index (κ1) is 10.1. The summed E-state index contributed by atoms with van der Waals surface area (Å²) in [5.41, 5.74) is 3.84. The predicted molar refractivity (Wildman–Crippen MR) is 74.1 cm³/mol. The van der Waals surface area contributed by atoms with Gasteiger partial charge >= 0.3 is 0 Å². The minimum Gasteiger partial charge on any atom is -0.133 e. The molecule has 0 heterocycles. The average molecular weight is 229 g/mol. The maximum atomic E-state index is 3.21. The zero-order valence-electron chi connectivity index (χ0n) is 9.20. The van der Waals surface area contributed by atoms with Gasteiger partial charge in [-0.2, -0.15) is 0 Å². The van der Waals surface area contributed by atoms with Crippen LogP contribution in [0.1, 0.15) is 5.56 Å². The molecule has 3 aromatic rings. The normalized spacial score (nSPS) is 10.2. The van der Waals surface area contributed by atoms with Gasteiger partial charge in [0.1, 0.15) is 10.2 Å². The molecule has 0 fully saturated rings.